The Morgan fingerprint density at radius 1 is 1.03 bits per heavy atom. The van der Waals surface area contributed by atoms with Crippen molar-refractivity contribution in [1.82, 2.24) is 5.32 Å². The van der Waals surface area contributed by atoms with Crippen LogP contribution in [0.3, 0.4) is 0 Å². The maximum absolute atomic E-state index is 12.9. The second-order valence-corrected chi connectivity index (χ2v) is 8.97. The Balaban J connectivity index is 2.30. The van der Waals surface area contributed by atoms with Gasteiger partial charge in [-0.25, -0.2) is 8.42 Å². The molecule has 0 bridgehead atoms. The summed E-state index contributed by atoms with van der Waals surface area (Å²) in [6.45, 7) is 3.48. The predicted octanol–water partition coefficient (Wildman–Crippen LogP) is 3.05. The molecule has 2 rings (SSSR count). The monoisotopic (exact) mass is 450 g/mol. The Morgan fingerprint density at radius 2 is 1.68 bits per heavy atom. The maximum atomic E-state index is 12.9. The molecule has 0 heterocycles. The highest BCUT2D eigenvalue weighted by Gasteiger charge is 2.26. The smallest absolute Gasteiger partial charge is 0.241 e. The van der Waals surface area contributed by atoms with E-state index in [1.54, 1.807) is 19.2 Å². The van der Waals surface area contributed by atoms with Gasteiger partial charge in [0.2, 0.25) is 15.9 Å². The number of hydrogen-bond acceptors (Lipinski definition) is 6. The van der Waals surface area contributed by atoms with E-state index in [4.69, 9.17) is 14.2 Å². The molecule has 9 heteroatoms. The molecule has 0 spiro atoms. The van der Waals surface area contributed by atoms with Gasteiger partial charge in [-0.1, -0.05) is 19.1 Å². The van der Waals surface area contributed by atoms with Crippen molar-refractivity contribution in [1.29, 1.82) is 0 Å². The molecule has 0 aliphatic rings. The molecule has 0 unspecified atom stereocenters. The number of ether oxygens (including phenoxy) is 3. The molecule has 0 radical (unpaired) electrons. The number of benzene rings is 2. The van der Waals surface area contributed by atoms with Crippen LogP contribution in [0.2, 0.25) is 0 Å². The third-order valence-corrected chi connectivity index (χ3v) is 6.03. The van der Waals surface area contributed by atoms with Gasteiger partial charge in [0.1, 0.15) is 23.8 Å². The largest absolute Gasteiger partial charge is 0.497 e. The molecule has 0 aromatic heterocycles. The fourth-order valence-corrected chi connectivity index (χ4v) is 4.13. The lowest BCUT2D eigenvalue weighted by molar-refractivity contribution is -0.120. The summed E-state index contributed by atoms with van der Waals surface area (Å²) < 4.78 is 41.8. The van der Waals surface area contributed by atoms with Gasteiger partial charge in [0.15, 0.2) is 0 Å². The molecule has 0 fully saturated rings. The topological polar surface area (TPSA) is 94.2 Å². The van der Waals surface area contributed by atoms with Crippen LogP contribution in [0.5, 0.6) is 17.2 Å². The quantitative estimate of drug-likeness (QED) is 0.598. The normalized spacial score (nSPS) is 12.1. The maximum Gasteiger partial charge on any atom is 0.241 e. The van der Waals surface area contributed by atoms with E-state index >= 15 is 0 Å². The lowest BCUT2D eigenvalue weighted by Crippen LogP contribution is -2.41. The minimum atomic E-state index is -3.77. The minimum absolute atomic E-state index is 0.229. The van der Waals surface area contributed by atoms with E-state index in [9.17, 15) is 13.2 Å². The van der Waals surface area contributed by atoms with Crippen molar-refractivity contribution < 1.29 is 27.4 Å². The summed E-state index contributed by atoms with van der Waals surface area (Å²) in [7, 11) is 0.745. The number of methoxy groups -OCH3 is 3. The second kappa shape index (κ2) is 10.4. The van der Waals surface area contributed by atoms with Crippen LogP contribution < -0.4 is 23.8 Å². The zero-order chi connectivity index (χ0) is 23.2. The number of amides is 1. The number of aryl methyl sites for hydroxylation is 1. The molecule has 1 N–H and O–H groups in total. The standard InChI is InChI=1S/C22H30N2O6S/c1-7-18(16-8-10-20(29-4)15(2)12-16)23-22(25)14-24(31(6,26)27)19-13-17(28-3)9-11-21(19)30-5/h8-13,18H,7,14H2,1-6H3,(H,23,25)/t18-/m0/s1. The van der Waals surface area contributed by atoms with Crippen molar-refractivity contribution in [2.45, 2.75) is 26.3 Å². The number of carbonyl (C=O) groups is 1. The molecule has 1 atom stereocenters. The number of anilines is 1. The number of sulfonamides is 1. The van der Waals surface area contributed by atoms with Crippen LogP contribution in [0.4, 0.5) is 5.69 Å². The van der Waals surface area contributed by atoms with E-state index in [2.05, 4.69) is 5.32 Å². The lowest BCUT2D eigenvalue weighted by Gasteiger charge is -2.26. The Morgan fingerprint density at radius 3 is 2.19 bits per heavy atom. The highest BCUT2D eigenvalue weighted by atomic mass is 32.2. The van der Waals surface area contributed by atoms with Crippen LogP contribution in [0.1, 0.15) is 30.5 Å². The van der Waals surface area contributed by atoms with Gasteiger partial charge in [0.05, 0.1) is 39.3 Å². The molecule has 170 valence electrons. The number of nitrogens with one attached hydrogen (secondary N) is 1. The summed E-state index contributed by atoms with van der Waals surface area (Å²) in [6.07, 6.45) is 1.68. The highest BCUT2D eigenvalue weighted by molar-refractivity contribution is 7.92. The lowest BCUT2D eigenvalue weighted by atomic mass is 10.0. The molecule has 8 nitrogen and oxygen atoms in total. The van der Waals surface area contributed by atoms with Crippen molar-refractivity contribution in [3.63, 3.8) is 0 Å². The second-order valence-electron chi connectivity index (χ2n) is 7.06. The van der Waals surface area contributed by atoms with Gasteiger partial charge in [-0.3, -0.25) is 9.10 Å². The molecular weight excluding hydrogens is 420 g/mol. The Hall–Kier alpha value is -2.94. The van der Waals surface area contributed by atoms with Gasteiger partial charge >= 0.3 is 0 Å². The third-order valence-electron chi connectivity index (χ3n) is 4.91. The average Bonchev–Trinajstić information content (AvgIpc) is 2.74. The first-order valence-corrected chi connectivity index (χ1v) is 11.6. The molecule has 2 aromatic carbocycles. The number of rotatable bonds is 10. The first-order valence-electron chi connectivity index (χ1n) is 9.78. The van der Waals surface area contributed by atoms with Crippen molar-refractivity contribution >= 4 is 21.6 Å². The first-order chi connectivity index (χ1) is 14.6. The molecule has 0 aliphatic heterocycles. The zero-order valence-corrected chi connectivity index (χ0v) is 19.6. The molecular formula is C22H30N2O6S. The van der Waals surface area contributed by atoms with Crippen molar-refractivity contribution in [3.8, 4) is 17.2 Å². The van der Waals surface area contributed by atoms with E-state index in [1.807, 2.05) is 32.0 Å². The van der Waals surface area contributed by atoms with E-state index in [0.717, 1.165) is 27.4 Å². The van der Waals surface area contributed by atoms with E-state index < -0.39 is 22.5 Å². The van der Waals surface area contributed by atoms with E-state index in [0.29, 0.717) is 17.9 Å². The van der Waals surface area contributed by atoms with E-state index in [-0.39, 0.29) is 11.7 Å². The summed E-state index contributed by atoms with van der Waals surface area (Å²) in [5.41, 5.74) is 2.10. The number of carbonyl (C=O) groups excluding carboxylic acids is 1. The summed E-state index contributed by atoms with van der Waals surface area (Å²) in [6, 6.07) is 10.2. The Bertz CT molecular complexity index is 1020. The van der Waals surface area contributed by atoms with Gasteiger partial charge in [0.25, 0.3) is 0 Å². The predicted molar refractivity (Wildman–Crippen MR) is 121 cm³/mol. The van der Waals surface area contributed by atoms with Crippen LogP contribution in [0, 0.1) is 6.92 Å². The summed E-state index contributed by atoms with van der Waals surface area (Å²) in [5, 5.41) is 2.93. The van der Waals surface area contributed by atoms with Gasteiger partial charge in [-0.15, -0.1) is 0 Å². The molecule has 1 amide bonds. The third kappa shape index (κ3) is 6.04. The summed E-state index contributed by atoms with van der Waals surface area (Å²) in [4.78, 5) is 12.9. The van der Waals surface area contributed by atoms with Crippen LogP contribution in [-0.2, 0) is 14.8 Å². The molecule has 0 saturated carbocycles. The van der Waals surface area contributed by atoms with Crippen LogP contribution in [0.15, 0.2) is 36.4 Å². The van der Waals surface area contributed by atoms with Gasteiger partial charge in [-0.2, -0.15) is 0 Å². The molecule has 2 aromatic rings. The van der Waals surface area contributed by atoms with Crippen LogP contribution in [0.25, 0.3) is 0 Å². The fraction of sp³-hybridized carbons (Fsp3) is 0.409. The van der Waals surface area contributed by atoms with Crippen molar-refractivity contribution in [3.05, 3.63) is 47.5 Å². The highest BCUT2D eigenvalue weighted by Crippen LogP contribution is 2.33. The Labute approximate surface area is 184 Å². The van der Waals surface area contributed by atoms with Crippen LogP contribution >= 0.6 is 0 Å². The molecule has 0 saturated heterocycles. The van der Waals surface area contributed by atoms with E-state index in [1.165, 1.54) is 20.3 Å². The SMILES string of the molecule is CC[C@H](NC(=O)CN(c1cc(OC)ccc1OC)S(C)(=O)=O)c1ccc(OC)c(C)c1. The van der Waals surface area contributed by atoms with Gasteiger partial charge < -0.3 is 19.5 Å². The Kier molecular flexibility index (Phi) is 8.15. The van der Waals surface area contributed by atoms with Gasteiger partial charge in [-0.05, 0) is 42.7 Å². The van der Waals surface area contributed by atoms with Gasteiger partial charge in [0, 0.05) is 6.07 Å². The number of hydrogen-bond donors (Lipinski definition) is 1. The summed E-state index contributed by atoms with van der Waals surface area (Å²) >= 11 is 0. The minimum Gasteiger partial charge on any atom is -0.497 e. The van der Waals surface area contributed by atoms with Crippen molar-refractivity contribution in [2.75, 3.05) is 38.4 Å². The fourth-order valence-electron chi connectivity index (χ4n) is 3.28. The summed E-state index contributed by atoms with van der Waals surface area (Å²) in [5.74, 6) is 1.09. The molecule has 0 aliphatic carbocycles. The average molecular weight is 451 g/mol. The number of nitrogens with zero attached hydrogens (tertiary/aromatic N) is 1. The van der Waals surface area contributed by atoms with Crippen LogP contribution in [-0.4, -0.2) is 48.5 Å². The molecule has 31 heavy (non-hydrogen) atoms. The zero-order valence-electron chi connectivity index (χ0n) is 18.8. The first kappa shape index (κ1) is 24.3. The van der Waals surface area contributed by atoms with Crippen molar-refractivity contribution in [2.24, 2.45) is 0 Å².